The molecular weight excluding hydrogens is 523 g/mol. The third kappa shape index (κ3) is 6.02. The monoisotopic (exact) mass is 553 g/mol. The molecule has 4 heterocycles. The largest absolute Gasteiger partial charge is 0.402 e. The number of nitrogens with two attached hydrogens (primary N) is 1. The number of aryl methyl sites for hydroxylation is 2. The second-order valence-corrected chi connectivity index (χ2v) is 11.2. The summed E-state index contributed by atoms with van der Waals surface area (Å²) in [4.78, 5) is 11.7. The van der Waals surface area contributed by atoms with Crippen LogP contribution < -0.4 is 11.1 Å². The number of thiophene rings is 1. The molecule has 0 saturated carbocycles. The van der Waals surface area contributed by atoms with Gasteiger partial charge in [-0.3, -0.25) is 4.90 Å². The number of nitriles is 1. The number of alkyl halides is 3. The predicted octanol–water partition coefficient (Wildman–Crippen LogP) is 5.87. The molecule has 11 heteroatoms. The molecule has 0 spiro atoms. The van der Waals surface area contributed by atoms with E-state index in [4.69, 9.17) is 5.73 Å². The normalized spacial score (nSPS) is 15.2. The smallest absolute Gasteiger partial charge is 0.393 e. The molecule has 39 heavy (non-hydrogen) atoms. The van der Waals surface area contributed by atoms with Crippen molar-refractivity contribution in [1.82, 2.24) is 19.4 Å². The van der Waals surface area contributed by atoms with E-state index in [2.05, 4.69) is 51.9 Å². The van der Waals surface area contributed by atoms with Crippen LogP contribution in [-0.4, -0.2) is 44.7 Å². The first-order valence-electron chi connectivity index (χ1n) is 12.9. The number of aromatic nitrogens is 3. The highest BCUT2D eigenvalue weighted by molar-refractivity contribution is 7.18. The number of halogens is 3. The van der Waals surface area contributed by atoms with Crippen molar-refractivity contribution >= 4 is 38.3 Å². The molecule has 3 aromatic heterocycles. The number of rotatable bonds is 8. The second kappa shape index (κ2) is 10.9. The third-order valence-electron chi connectivity index (χ3n) is 7.32. The molecule has 0 radical (unpaired) electrons. The van der Waals surface area contributed by atoms with E-state index in [0.29, 0.717) is 40.4 Å². The number of hydrogen-bond acceptors (Lipinski definition) is 7. The van der Waals surface area contributed by atoms with Gasteiger partial charge < -0.3 is 15.6 Å². The van der Waals surface area contributed by atoms with Crippen molar-refractivity contribution in [2.75, 3.05) is 18.4 Å². The number of nitrogens with one attached hydrogen (secondary N) is 1. The Morgan fingerprint density at radius 3 is 2.69 bits per heavy atom. The highest BCUT2D eigenvalue weighted by atomic mass is 32.1. The molecular formula is C28H30F3N7S. The van der Waals surface area contributed by atoms with Gasteiger partial charge in [-0.1, -0.05) is 12.6 Å². The van der Waals surface area contributed by atoms with Gasteiger partial charge in [-0.05, 0) is 49.1 Å². The lowest BCUT2D eigenvalue weighted by Crippen LogP contribution is -2.39. The number of hydrogen-bond donors (Lipinski definition) is 2. The van der Waals surface area contributed by atoms with Crippen LogP contribution >= 0.6 is 11.3 Å². The standard InChI is InChI=1S/C28H30F3N7S/c1-17(33)5-10-38-21(14-32)11-23-18(2)19(3-4-25(23)38)15-37-8-6-20(7-9-37)36-26-24-12-22(13-28(29,30)31)39-27(24)35-16-34-26/h3-4,11-12,16,20H,1,5-10,13,15,33H2,2H3,(H,34,35,36). The van der Waals surface area contributed by atoms with Gasteiger partial charge in [0.05, 0.1) is 11.8 Å². The van der Waals surface area contributed by atoms with Gasteiger partial charge >= 0.3 is 6.18 Å². The molecule has 1 saturated heterocycles. The highest BCUT2D eigenvalue weighted by Gasteiger charge is 2.29. The van der Waals surface area contributed by atoms with Crippen molar-refractivity contribution in [3.63, 3.8) is 0 Å². The molecule has 0 amide bonds. The van der Waals surface area contributed by atoms with E-state index in [1.54, 1.807) is 6.07 Å². The Hall–Kier alpha value is -3.62. The summed E-state index contributed by atoms with van der Waals surface area (Å²) < 4.78 is 40.6. The van der Waals surface area contributed by atoms with Crippen LogP contribution in [0.3, 0.4) is 0 Å². The van der Waals surface area contributed by atoms with Crippen molar-refractivity contribution in [2.45, 2.75) is 57.9 Å². The quantitative estimate of drug-likeness (QED) is 0.283. The minimum absolute atomic E-state index is 0.179. The minimum atomic E-state index is -4.25. The number of anilines is 1. The SMILES string of the molecule is C=C(N)CCn1c(C#N)cc2c(C)c(CN3CCC(Nc4ncnc5sc(CC(F)(F)F)cc45)CC3)ccc21. The fraction of sp³-hybridized carbons (Fsp3) is 0.393. The number of allylic oxidation sites excluding steroid dienone is 1. The lowest BCUT2D eigenvalue weighted by molar-refractivity contribution is -0.126. The van der Waals surface area contributed by atoms with Crippen LogP contribution in [0.2, 0.25) is 0 Å². The Morgan fingerprint density at radius 2 is 2.00 bits per heavy atom. The molecule has 1 fully saturated rings. The highest BCUT2D eigenvalue weighted by Crippen LogP contribution is 2.33. The summed E-state index contributed by atoms with van der Waals surface area (Å²) >= 11 is 1.06. The first kappa shape index (κ1) is 27.0. The van der Waals surface area contributed by atoms with Crippen molar-refractivity contribution in [3.05, 3.63) is 64.6 Å². The fourth-order valence-electron chi connectivity index (χ4n) is 5.26. The molecule has 1 aliphatic rings. The van der Waals surface area contributed by atoms with Crippen LogP contribution in [0, 0.1) is 18.3 Å². The van der Waals surface area contributed by atoms with E-state index in [0.717, 1.165) is 54.7 Å². The van der Waals surface area contributed by atoms with Crippen molar-refractivity contribution in [2.24, 2.45) is 5.73 Å². The molecule has 204 valence electrons. The zero-order valence-corrected chi connectivity index (χ0v) is 22.5. The maximum atomic E-state index is 12.9. The Labute approximate surface area is 228 Å². The minimum Gasteiger partial charge on any atom is -0.402 e. The lowest BCUT2D eigenvalue weighted by Gasteiger charge is -2.33. The molecule has 0 unspecified atom stereocenters. The van der Waals surface area contributed by atoms with Crippen LogP contribution in [0.5, 0.6) is 0 Å². The number of nitrogens with zero attached hydrogens (tertiary/aromatic N) is 5. The van der Waals surface area contributed by atoms with Crippen LogP contribution in [0.15, 0.2) is 42.9 Å². The molecule has 3 N–H and O–H groups in total. The van der Waals surface area contributed by atoms with Crippen molar-refractivity contribution in [3.8, 4) is 6.07 Å². The number of likely N-dealkylation sites (tertiary alicyclic amines) is 1. The maximum absolute atomic E-state index is 12.9. The third-order valence-corrected chi connectivity index (χ3v) is 8.36. The van der Waals surface area contributed by atoms with E-state index in [9.17, 15) is 18.4 Å². The number of piperidine rings is 1. The van der Waals surface area contributed by atoms with Gasteiger partial charge in [0.15, 0.2) is 0 Å². The van der Waals surface area contributed by atoms with Gasteiger partial charge in [-0.15, -0.1) is 11.3 Å². The number of benzene rings is 1. The molecule has 7 nitrogen and oxygen atoms in total. The Morgan fingerprint density at radius 1 is 1.23 bits per heavy atom. The van der Waals surface area contributed by atoms with Crippen LogP contribution in [-0.2, 0) is 19.5 Å². The molecule has 4 aromatic rings. The Kier molecular flexibility index (Phi) is 7.51. The van der Waals surface area contributed by atoms with Gasteiger partial charge in [0.2, 0.25) is 0 Å². The van der Waals surface area contributed by atoms with Gasteiger partial charge in [0.1, 0.15) is 28.7 Å². The van der Waals surface area contributed by atoms with Crippen LogP contribution in [0.4, 0.5) is 19.0 Å². The molecule has 1 aromatic carbocycles. The maximum Gasteiger partial charge on any atom is 0.393 e. The van der Waals surface area contributed by atoms with Gasteiger partial charge in [0.25, 0.3) is 0 Å². The van der Waals surface area contributed by atoms with E-state index in [1.807, 2.05) is 10.6 Å². The summed E-state index contributed by atoms with van der Waals surface area (Å²) in [5, 5.41) is 14.8. The summed E-state index contributed by atoms with van der Waals surface area (Å²) in [5.74, 6) is 0.598. The van der Waals surface area contributed by atoms with Crippen LogP contribution in [0.25, 0.3) is 21.1 Å². The molecule has 0 bridgehead atoms. The molecule has 5 rings (SSSR count). The average molecular weight is 554 g/mol. The predicted molar refractivity (Wildman–Crippen MR) is 148 cm³/mol. The lowest BCUT2D eigenvalue weighted by atomic mass is 10.0. The summed E-state index contributed by atoms with van der Waals surface area (Å²) in [7, 11) is 0. The fourth-order valence-corrected chi connectivity index (χ4v) is 6.28. The first-order chi connectivity index (χ1) is 18.6. The average Bonchev–Trinajstić information content (AvgIpc) is 3.45. The first-order valence-corrected chi connectivity index (χ1v) is 13.7. The van der Waals surface area contributed by atoms with Gasteiger partial charge in [-0.25, -0.2) is 9.97 Å². The topological polar surface area (TPSA) is 95.8 Å². The Balaban J connectivity index is 1.24. The Bertz CT molecular complexity index is 1560. The summed E-state index contributed by atoms with van der Waals surface area (Å²) in [6.07, 6.45) is -1.40. The van der Waals surface area contributed by atoms with Crippen LogP contribution in [0.1, 0.15) is 41.0 Å². The zero-order chi connectivity index (χ0) is 27.7. The summed E-state index contributed by atoms with van der Waals surface area (Å²) in [6, 6.07) is 10.2. The van der Waals surface area contributed by atoms with E-state index >= 15 is 0 Å². The van der Waals surface area contributed by atoms with E-state index in [-0.39, 0.29) is 10.9 Å². The van der Waals surface area contributed by atoms with Crippen molar-refractivity contribution < 1.29 is 13.2 Å². The summed E-state index contributed by atoms with van der Waals surface area (Å²) in [5.41, 5.74) is 10.4. The van der Waals surface area contributed by atoms with Gasteiger partial charge in [-0.2, -0.15) is 18.4 Å². The number of fused-ring (bicyclic) bond motifs is 2. The molecule has 1 aliphatic heterocycles. The molecule has 0 atom stereocenters. The van der Waals surface area contributed by atoms with E-state index < -0.39 is 12.6 Å². The second-order valence-electron chi connectivity index (χ2n) is 10.1. The van der Waals surface area contributed by atoms with E-state index in [1.165, 1.54) is 17.5 Å². The van der Waals surface area contributed by atoms with Gasteiger partial charge in [0, 0.05) is 60.1 Å². The molecule has 0 aliphatic carbocycles. The zero-order valence-electron chi connectivity index (χ0n) is 21.7. The summed E-state index contributed by atoms with van der Waals surface area (Å²) in [6.45, 7) is 9.07. The van der Waals surface area contributed by atoms with Crippen molar-refractivity contribution in [1.29, 1.82) is 5.26 Å².